The largest absolute Gasteiger partial charge is 0.287 e. The van der Waals surface area contributed by atoms with Gasteiger partial charge in [-0.15, -0.1) is 5.10 Å². The third-order valence-electron chi connectivity index (χ3n) is 3.01. The maximum atomic E-state index is 12.3. The van der Waals surface area contributed by atoms with Gasteiger partial charge in [0.2, 0.25) is 5.78 Å². The predicted molar refractivity (Wildman–Crippen MR) is 76.1 cm³/mol. The minimum atomic E-state index is -0.0719. The van der Waals surface area contributed by atoms with Gasteiger partial charge in [0.15, 0.2) is 0 Å². The smallest absolute Gasteiger partial charge is 0.212 e. The Bertz CT molecular complexity index is 779. The van der Waals surface area contributed by atoms with Gasteiger partial charge in [0.05, 0.1) is 6.20 Å². The number of benzene rings is 2. The number of rotatable bonds is 2. The Morgan fingerprint density at radius 3 is 2.63 bits per heavy atom. The molecule has 0 saturated heterocycles. The maximum absolute atomic E-state index is 12.3. The lowest BCUT2D eigenvalue weighted by atomic mass is 10.0. The Kier molecular flexibility index (Phi) is 2.91. The molecule has 94 valence electrons. The highest BCUT2D eigenvalue weighted by Crippen LogP contribution is 2.22. The Hall–Kier alpha value is -2.01. The fourth-order valence-electron chi connectivity index (χ4n) is 2.00. The summed E-state index contributed by atoms with van der Waals surface area (Å²) in [6.45, 7) is 0. The van der Waals surface area contributed by atoms with Gasteiger partial charge in [-0.3, -0.25) is 4.79 Å². The first-order valence-corrected chi connectivity index (χ1v) is 6.53. The van der Waals surface area contributed by atoms with Crippen LogP contribution in [0.1, 0.15) is 16.1 Å². The van der Waals surface area contributed by atoms with Crippen LogP contribution >= 0.6 is 15.9 Å². The molecule has 0 aliphatic carbocycles. The highest BCUT2D eigenvalue weighted by molar-refractivity contribution is 9.10. The fourth-order valence-corrected chi connectivity index (χ4v) is 2.38. The number of nitrogens with zero attached hydrogens (tertiary/aromatic N) is 3. The van der Waals surface area contributed by atoms with Crippen LogP contribution in [0.2, 0.25) is 0 Å². The number of aromatic nitrogens is 3. The van der Waals surface area contributed by atoms with E-state index in [0.29, 0.717) is 11.3 Å². The standard InChI is InChI=1S/C14H10BrN3O/c1-18-13(8-16-17-18)14(19)11-3-2-10-7-12(15)5-4-9(10)6-11/h2-8H,1H3. The zero-order chi connectivity index (χ0) is 13.4. The van der Waals surface area contributed by atoms with Crippen LogP contribution in [0, 0.1) is 0 Å². The fraction of sp³-hybridized carbons (Fsp3) is 0.0714. The number of aryl methyl sites for hydroxylation is 1. The van der Waals surface area contributed by atoms with Crippen LogP contribution in [-0.4, -0.2) is 20.8 Å². The number of ketones is 1. The van der Waals surface area contributed by atoms with Crippen molar-refractivity contribution in [1.82, 2.24) is 15.0 Å². The van der Waals surface area contributed by atoms with Crippen molar-refractivity contribution in [3.05, 3.63) is 58.3 Å². The van der Waals surface area contributed by atoms with E-state index in [1.807, 2.05) is 36.4 Å². The van der Waals surface area contributed by atoms with E-state index >= 15 is 0 Å². The molecule has 2 aromatic carbocycles. The summed E-state index contributed by atoms with van der Waals surface area (Å²) >= 11 is 3.43. The molecule has 19 heavy (non-hydrogen) atoms. The normalized spacial score (nSPS) is 10.8. The first-order valence-electron chi connectivity index (χ1n) is 5.74. The third-order valence-corrected chi connectivity index (χ3v) is 3.50. The van der Waals surface area contributed by atoms with Gasteiger partial charge in [-0.2, -0.15) is 0 Å². The number of hydrogen-bond acceptors (Lipinski definition) is 3. The molecule has 0 fully saturated rings. The summed E-state index contributed by atoms with van der Waals surface area (Å²) in [5.74, 6) is -0.0719. The lowest BCUT2D eigenvalue weighted by Crippen LogP contribution is -2.08. The molecule has 1 heterocycles. The Balaban J connectivity index is 2.09. The lowest BCUT2D eigenvalue weighted by Gasteiger charge is -2.03. The summed E-state index contributed by atoms with van der Waals surface area (Å²) in [5, 5.41) is 9.63. The van der Waals surface area contributed by atoms with Crippen LogP contribution in [0.3, 0.4) is 0 Å². The third kappa shape index (κ3) is 2.17. The van der Waals surface area contributed by atoms with Gasteiger partial charge in [-0.05, 0) is 29.0 Å². The number of carbonyl (C=O) groups excluding carboxylic acids is 1. The summed E-state index contributed by atoms with van der Waals surface area (Å²) in [7, 11) is 1.71. The summed E-state index contributed by atoms with van der Waals surface area (Å²) in [6.07, 6.45) is 1.48. The zero-order valence-electron chi connectivity index (χ0n) is 10.2. The molecular weight excluding hydrogens is 306 g/mol. The van der Waals surface area contributed by atoms with Crippen molar-refractivity contribution in [2.75, 3.05) is 0 Å². The van der Waals surface area contributed by atoms with Gasteiger partial charge in [-0.1, -0.05) is 39.3 Å². The van der Waals surface area contributed by atoms with E-state index in [2.05, 4.69) is 26.2 Å². The highest BCUT2D eigenvalue weighted by atomic mass is 79.9. The second kappa shape index (κ2) is 4.59. The van der Waals surface area contributed by atoms with Gasteiger partial charge in [0.25, 0.3) is 0 Å². The van der Waals surface area contributed by atoms with E-state index in [1.165, 1.54) is 10.9 Å². The van der Waals surface area contributed by atoms with E-state index in [1.54, 1.807) is 7.05 Å². The van der Waals surface area contributed by atoms with Crippen LogP contribution < -0.4 is 0 Å². The van der Waals surface area contributed by atoms with Crippen LogP contribution in [0.4, 0.5) is 0 Å². The summed E-state index contributed by atoms with van der Waals surface area (Å²) < 4.78 is 2.50. The molecule has 0 N–H and O–H groups in total. The molecule has 0 spiro atoms. The molecule has 1 aromatic heterocycles. The van der Waals surface area contributed by atoms with Gasteiger partial charge in [0.1, 0.15) is 5.69 Å². The van der Waals surface area contributed by atoms with Crippen LogP contribution in [0.15, 0.2) is 47.1 Å². The monoisotopic (exact) mass is 315 g/mol. The molecule has 0 atom stereocenters. The molecule has 0 amide bonds. The lowest BCUT2D eigenvalue weighted by molar-refractivity contribution is 0.103. The molecule has 0 unspecified atom stereocenters. The topological polar surface area (TPSA) is 47.8 Å². The van der Waals surface area contributed by atoms with Gasteiger partial charge in [0, 0.05) is 17.1 Å². The van der Waals surface area contributed by atoms with Crippen LogP contribution in [-0.2, 0) is 7.05 Å². The maximum Gasteiger partial charge on any atom is 0.212 e. The summed E-state index contributed by atoms with van der Waals surface area (Å²) in [4.78, 5) is 12.3. The van der Waals surface area contributed by atoms with Gasteiger partial charge >= 0.3 is 0 Å². The quantitative estimate of drug-likeness (QED) is 0.683. The van der Waals surface area contributed by atoms with Crippen molar-refractivity contribution >= 4 is 32.5 Å². The molecule has 5 heteroatoms. The van der Waals surface area contributed by atoms with E-state index in [9.17, 15) is 4.79 Å². The number of carbonyl (C=O) groups is 1. The molecule has 0 aliphatic heterocycles. The minimum Gasteiger partial charge on any atom is -0.287 e. The van der Waals surface area contributed by atoms with Crippen LogP contribution in [0.25, 0.3) is 10.8 Å². The first-order chi connectivity index (χ1) is 9.15. The average Bonchev–Trinajstić information content (AvgIpc) is 2.83. The molecule has 4 nitrogen and oxygen atoms in total. The first kappa shape index (κ1) is 12.0. The molecule has 3 rings (SSSR count). The Morgan fingerprint density at radius 2 is 1.89 bits per heavy atom. The van der Waals surface area contributed by atoms with E-state index in [-0.39, 0.29) is 5.78 Å². The van der Waals surface area contributed by atoms with Crippen molar-refractivity contribution in [3.63, 3.8) is 0 Å². The van der Waals surface area contributed by atoms with E-state index in [4.69, 9.17) is 0 Å². The Labute approximate surface area is 118 Å². The summed E-state index contributed by atoms with van der Waals surface area (Å²) in [5.41, 5.74) is 1.12. The van der Waals surface area contributed by atoms with Crippen molar-refractivity contribution in [1.29, 1.82) is 0 Å². The minimum absolute atomic E-state index is 0.0719. The Morgan fingerprint density at radius 1 is 1.16 bits per heavy atom. The molecular formula is C14H10BrN3O. The molecule has 0 saturated carbocycles. The zero-order valence-corrected chi connectivity index (χ0v) is 11.8. The predicted octanol–water partition coefficient (Wildman–Crippen LogP) is 2.96. The number of fused-ring (bicyclic) bond motifs is 1. The van der Waals surface area contributed by atoms with Crippen molar-refractivity contribution in [3.8, 4) is 0 Å². The van der Waals surface area contributed by atoms with Gasteiger partial charge in [-0.25, -0.2) is 4.68 Å². The molecule has 0 aliphatic rings. The second-order valence-corrected chi connectivity index (χ2v) is 5.19. The average molecular weight is 316 g/mol. The number of halogens is 1. The molecule has 3 aromatic rings. The number of hydrogen-bond donors (Lipinski definition) is 0. The van der Waals surface area contributed by atoms with Crippen molar-refractivity contribution < 1.29 is 4.79 Å². The molecule has 0 radical (unpaired) electrons. The summed E-state index contributed by atoms with van der Waals surface area (Å²) in [6, 6.07) is 11.6. The van der Waals surface area contributed by atoms with E-state index in [0.717, 1.165) is 15.2 Å². The van der Waals surface area contributed by atoms with Crippen molar-refractivity contribution in [2.45, 2.75) is 0 Å². The van der Waals surface area contributed by atoms with E-state index < -0.39 is 0 Å². The second-order valence-electron chi connectivity index (χ2n) is 4.28. The van der Waals surface area contributed by atoms with Gasteiger partial charge < -0.3 is 0 Å². The van der Waals surface area contributed by atoms with Crippen LogP contribution in [0.5, 0.6) is 0 Å². The highest BCUT2D eigenvalue weighted by Gasteiger charge is 2.13. The SMILES string of the molecule is Cn1nncc1C(=O)c1ccc2cc(Br)ccc2c1. The molecule has 0 bridgehead atoms. The van der Waals surface area contributed by atoms with Crippen molar-refractivity contribution in [2.24, 2.45) is 7.05 Å².